The normalized spacial score (nSPS) is 10.1. The molecule has 0 unspecified atom stereocenters. The lowest BCUT2D eigenvalue weighted by Crippen LogP contribution is -2.22. The number of ether oxygens (including phenoxy) is 1. The molecule has 1 amide bonds. The van der Waals surface area contributed by atoms with Crippen LogP contribution in [-0.2, 0) is 9.53 Å². The Kier molecular flexibility index (Phi) is 5.79. The summed E-state index contributed by atoms with van der Waals surface area (Å²) in [5.74, 6) is -1.59. The van der Waals surface area contributed by atoms with Crippen molar-refractivity contribution in [3.8, 4) is 0 Å². The molecular weight excluding hydrogens is 340 g/mol. The van der Waals surface area contributed by atoms with Crippen molar-refractivity contribution in [2.45, 2.75) is 13.8 Å². The van der Waals surface area contributed by atoms with Crippen LogP contribution < -0.4 is 5.32 Å². The van der Waals surface area contributed by atoms with E-state index in [0.717, 1.165) is 0 Å². The van der Waals surface area contributed by atoms with Gasteiger partial charge in [-0.15, -0.1) is 0 Å². The summed E-state index contributed by atoms with van der Waals surface area (Å²) in [6, 6.07) is 10.3. The number of nitrogens with one attached hydrogen (secondary N) is 1. The van der Waals surface area contributed by atoms with Gasteiger partial charge < -0.3 is 10.1 Å². The second-order valence-electron chi connectivity index (χ2n) is 5.48. The molecule has 0 atom stereocenters. The zero-order chi connectivity index (χ0) is 19.3. The monoisotopic (exact) mass is 356 g/mol. The molecule has 0 bridgehead atoms. The first kappa shape index (κ1) is 18.8. The molecule has 8 nitrogen and oxygen atoms in total. The standard InChI is InChI=1S/C18H16N2O6/c1-11-9-13(7-8-16(11)20(24)25)18(23)26-10-17(22)19-15-6-4-3-5-14(15)12(2)21/h3-9H,10H2,1-2H3,(H,19,22). The Morgan fingerprint density at radius 1 is 1.15 bits per heavy atom. The van der Waals surface area contributed by atoms with Gasteiger partial charge in [0, 0.05) is 17.2 Å². The second kappa shape index (κ2) is 8.02. The Labute approximate surface area is 148 Å². The van der Waals surface area contributed by atoms with Gasteiger partial charge in [0.1, 0.15) is 0 Å². The molecule has 134 valence electrons. The number of esters is 1. The van der Waals surface area contributed by atoms with Gasteiger partial charge in [0.15, 0.2) is 12.4 Å². The molecule has 0 saturated heterocycles. The summed E-state index contributed by atoms with van der Waals surface area (Å²) in [7, 11) is 0. The number of nitro benzene ring substituents is 1. The number of para-hydroxylation sites is 1. The lowest BCUT2D eigenvalue weighted by atomic mass is 10.1. The number of Topliss-reactive ketones (excluding diaryl/α,β-unsaturated/α-hetero) is 1. The number of aryl methyl sites for hydroxylation is 1. The predicted molar refractivity (Wildman–Crippen MR) is 93.2 cm³/mol. The van der Waals surface area contributed by atoms with Gasteiger partial charge in [-0.2, -0.15) is 0 Å². The molecule has 0 aliphatic heterocycles. The van der Waals surface area contributed by atoms with Crippen LogP contribution >= 0.6 is 0 Å². The first-order valence-electron chi connectivity index (χ1n) is 7.61. The fourth-order valence-corrected chi connectivity index (χ4v) is 2.29. The van der Waals surface area contributed by atoms with Gasteiger partial charge >= 0.3 is 5.97 Å². The van der Waals surface area contributed by atoms with Crippen LogP contribution in [-0.4, -0.2) is 29.2 Å². The number of ketones is 1. The second-order valence-corrected chi connectivity index (χ2v) is 5.48. The van der Waals surface area contributed by atoms with Gasteiger partial charge in [-0.05, 0) is 38.1 Å². The van der Waals surface area contributed by atoms with E-state index in [-0.39, 0.29) is 17.0 Å². The number of amides is 1. The van der Waals surface area contributed by atoms with Gasteiger partial charge in [-0.1, -0.05) is 12.1 Å². The fourth-order valence-electron chi connectivity index (χ4n) is 2.29. The van der Waals surface area contributed by atoms with E-state index in [0.29, 0.717) is 16.8 Å². The summed E-state index contributed by atoms with van der Waals surface area (Å²) in [6.07, 6.45) is 0. The molecule has 8 heteroatoms. The van der Waals surface area contributed by atoms with Crippen molar-refractivity contribution in [2.24, 2.45) is 0 Å². The lowest BCUT2D eigenvalue weighted by Gasteiger charge is -2.09. The van der Waals surface area contributed by atoms with E-state index in [1.165, 1.54) is 32.0 Å². The molecule has 0 heterocycles. The molecular formula is C18H16N2O6. The lowest BCUT2D eigenvalue weighted by molar-refractivity contribution is -0.385. The van der Waals surface area contributed by atoms with E-state index >= 15 is 0 Å². The summed E-state index contributed by atoms with van der Waals surface area (Å²) >= 11 is 0. The van der Waals surface area contributed by atoms with Crippen molar-refractivity contribution in [3.05, 3.63) is 69.3 Å². The highest BCUT2D eigenvalue weighted by Crippen LogP contribution is 2.19. The zero-order valence-electron chi connectivity index (χ0n) is 14.1. The maximum Gasteiger partial charge on any atom is 0.338 e. The largest absolute Gasteiger partial charge is 0.452 e. The summed E-state index contributed by atoms with van der Waals surface area (Å²) in [5.41, 5.74) is 0.972. The fraction of sp³-hybridized carbons (Fsp3) is 0.167. The van der Waals surface area contributed by atoms with Crippen LogP contribution in [0.3, 0.4) is 0 Å². The minimum Gasteiger partial charge on any atom is -0.452 e. The maximum absolute atomic E-state index is 12.0. The average molecular weight is 356 g/mol. The Morgan fingerprint density at radius 2 is 1.85 bits per heavy atom. The van der Waals surface area contributed by atoms with Crippen LogP contribution in [0.25, 0.3) is 0 Å². The Balaban J connectivity index is 1.99. The van der Waals surface area contributed by atoms with Gasteiger partial charge in [0.05, 0.1) is 16.2 Å². The molecule has 1 N–H and O–H groups in total. The van der Waals surface area contributed by atoms with E-state index in [4.69, 9.17) is 4.74 Å². The number of rotatable bonds is 6. The Hall–Kier alpha value is -3.55. The van der Waals surface area contributed by atoms with Crippen LogP contribution in [0.1, 0.15) is 33.2 Å². The maximum atomic E-state index is 12.0. The van der Waals surface area contributed by atoms with Crippen LogP contribution in [0.15, 0.2) is 42.5 Å². The minimum atomic E-state index is -0.780. The topological polar surface area (TPSA) is 116 Å². The number of anilines is 1. The van der Waals surface area contributed by atoms with E-state index in [9.17, 15) is 24.5 Å². The molecule has 2 rings (SSSR count). The Morgan fingerprint density at radius 3 is 2.46 bits per heavy atom. The van der Waals surface area contributed by atoms with Crippen LogP contribution in [0.4, 0.5) is 11.4 Å². The van der Waals surface area contributed by atoms with Gasteiger partial charge in [0.2, 0.25) is 0 Å². The molecule has 0 spiro atoms. The number of hydrogen-bond acceptors (Lipinski definition) is 6. The Bertz CT molecular complexity index is 891. The number of carbonyl (C=O) groups excluding carboxylic acids is 3. The van der Waals surface area contributed by atoms with Gasteiger partial charge in [-0.3, -0.25) is 19.7 Å². The SMILES string of the molecule is CC(=O)c1ccccc1NC(=O)COC(=O)c1ccc([N+](=O)[O-])c(C)c1. The number of carbonyl (C=O) groups is 3. The number of nitrogens with zero attached hydrogens (tertiary/aromatic N) is 1. The van der Waals surface area contributed by atoms with Crippen LogP contribution in [0.5, 0.6) is 0 Å². The first-order valence-corrected chi connectivity index (χ1v) is 7.61. The van der Waals surface area contributed by atoms with Crippen molar-refractivity contribution in [1.29, 1.82) is 0 Å². The summed E-state index contributed by atoms with van der Waals surface area (Å²) in [5, 5.41) is 13.3. The van der Waals surface area contributed by atoms with Crippen molar-refractivity contribution >= 4 is 29.0 Å². The summed E-state index contributed by atoms with van der Waals surface area (Å²) in [4.78, 5) is 45.7. The van der Waals surface area contributed by atoms with E-state index in [2.05, 4.69) is 5.32 Å². The molecule has 0 fully saturated rings. The van der Waals surface area contributed by atoms with Gasteiger partial charge in [-0.25, -0.2) is 4.79 Å². The molecule has 0 aliphatic carbocycles. The highest BCUT2D eigenvalue weighted by Gasteiger charge is 2.16. The molecule has 0 aliphatic rings. The van der Waals surface area contributed by atoms with Crippen molar-refractivity contribution in [2.75, 3.05) is 11.9 Å². The minimum absolute atomic E-state index is 0.102. The van der Waals surface area contributed by atoms with Gasteiger partial charge in [0.25, 0.3) is 11.6 Å². The number of hydrogen-bond donors (Lipinski definition) is 1. The molecule has 0 saturated carbocycles. The quantitative estimate of drug-likeness (QED) is 0.368. The van der Waals surface area contributed by atoms with E-state index in [1.54, 1.807) is 24.3 Å². The van der Waals surface area contributed by atoms with Crippen molar-refractivity contribution in [1.82, 2.24) is 0 Å². The third-order valence-corrected chi connectivity index (χ3v) is 3.54. The summed E-state index contributed by atoms with van der Waals surface area (Å²) in [6.45, 7) is 2.32. The first-order chi connectivity index (χ1) is 12.3. The summed E-state index contributed by atoms with van der Waals surface area (Å²) < 4.78 is 4.91. The number of nitro groups is 1. The van der Waals surface area contributed by atoms with E-state index < -0.39 is 23.4 Å². The third kappa shape index (κ3) is 4.50. The number of benzene rings is 2. The van der Waals surface area contributed by atoms with E-state index in [1.807, 2.05) is 0 Å². The predicted octanol–water partition coefficient (Wildman–Crippen LogP) is 2.90. The molecule has 26 heavy (non-hydrogen) atoms. The molecule has 0 radical (unpaired) electrons. The molecule has 2 aromatic carbocycles. The van der Waals surface area contributed by atoms with Crippen molar-refractivity contribution in [3.63, 3.8) is 0 Å². The average Bonchev–Trinajstić information content (AvgIpc) is 2.59. The molecule has 2 aromatic rings. The van der Waals surface area contributed by atoms with Crippen LogP contribution in [0.2, 0.25) is 0 Å². The highest BCUT2D eigenvalue weighted by molar-refractivity contribution is 6.04. The third-order valence-electron chi connectivity index (χ3n) is 3.54. The highest BCUT2D eigenvalue weighted by atomic mass is 16.6. The zero-order valence-corrected chi connectivity index (χ0v) is 14.1. The van der Waals surface area contributed by atoms with Crippen molar-refractivity contribution < 1.29 is 24.0 Å². The molecule has 0 aromatic heterocycles. The smallest absolute Gasteiger partial charge is 0.338 e. The van der Waals surface area contributed by atoms with Crippen LogP contribution in [0, 0.1) is 17.0 Å².